The molecule has 3 aromatic rings. The summed E-state index contributed by atoms with van der Waals surface area (Å²) >= 11 is 0. The van der Waals surface area contributed by atoms with Crippen molar-refractivity contribution in [2.24, 2.45) is 5.18 Å². The molecule has 2 amide bonds. The number of pyridine rings is 1. The van der Waals surface area contributed by atoms with Crippen LogP contribution in [0, 0.1) is 11.8 Å². The van der Waals surface area contributed by atoms with E-state index in [0.717, 1.165) is 33.8 Å². The van der Waals surface area contributed by atoms with Crippen LogP contribution in [0.25, 0.3) is 0 Å². The molecule has 9 nitrogen and oxygen atoms in total. The molecule has 1 atom stereocenters. The number of anilines is 2. The van der Waals surface area contributed by atoms with Crippen molar-refractivity contribution < 1.29 is 22.8 Å². The standard InChI is InChI=1S/C20H15F3N6O3/c1-11-14(3-2-8-24-11)18(30)26-15-9-25-29-16(27-32)10-28(19(31)17(15)29)13-6-4-12(5-7-13)20(21,22)23/h2-9,16H,10H2,1H3,(H,26,30)/t16-/m1/s1. The van der Waals surface area contributed by atoms with Crippen molar-refractivity contribution in [3.05, 3.63) is 76.2 Å². The summed E-state index contributed by atoms with van der Waals surface area (Å²) in [6.07, 6.45) is -2.92. The normalized spacial score (nSPS) is 15.9. The molecule has 1 aliphatic heterocycles. The highest BCUT2D eigenvalue weighted by atomic mass is 19.4. The molecule has 1 aliphatic rings. The number of nitrogens with zero attached hydrogens (tertiary/aromatic N) is 5. The first kappa shape index (κ1) is 21.2. The second-order valence-electron chi connectivity index (χ2n) is 6.99. The fourth-order valence-electron chi connectivity index (χ4n) is 3.39. The van der Waals surface area contributed by atoms with Gasteiger partial charge >= 0.3 is 6.18 Å². The van der Waals surface area contributed by atoms with Crippen LogP contribution in [0.4, 0.5) is 24.5 Å². The van der Waals surface area contributed by atoms with E-state index in [0.29, 0.717) is 5.69 Å². The molecule has 0 saturated heterocycles. The number of fused-ring (bicyclic) bond motifs is 1. The van der Waals surface area contributed by atoms with E-state index in [2.05, 4.69) is 20.6 Å². The van der Waals surface area contributed by atoms with Gasteiger partial charge < -0.3 is 10.2 Å². The van der Waals surface area contributed by atoms with E-state index in [1.807, 2.05) is 0 Å². The number of rotatable bonds is 4. The Kier molecular flexibility index (Phi) is 5.20. The Hall–Kier alpha value is -4.09. The van der Waals surface area contributed by atoms with Crippen LogP contribution in [-0.4, -0.2) is 33.1 Å². The van der Waals surface area contributed by atoms with Gasteiger partial charge in [0.05, 0.1) is 29.6 Å². The van der Waals surface area contributed by atoms with E-state index in [-0.39, 0.29) is 29.2 Å². The maximum atomic E-state index is 13.2. The molecular weight excluding hydrogens is 429 g/mol. The third kappa shape index (κ3) is 3.70. The smallest absolute Gasteiger partial charge is 0.319 e. The quantitative estimate of drug-likeness (QED) is 0.616. The molecule has 1 aromatic carbocycles. The number of nitroso groups, excluding NO2 is 1. The van der Waals surface area contributed by atoms with Gasteiger partial charge in [-0.2, -0.15) is 18.3 Å². The van der Waals surface area contributed by atoms with Crippen molar-refractivity contribution in [2.75, 3.05) is 16.8 Å². The summed E-state index contributed by atoms with van der Waals surface area (Å²) in [7, 11) is 0. The number of aromatic nitrogens is 3. The summed E-state index contributed by atoms with van der Waals surface area (Å²) in [5.41, 5.74) is -0.0641. The number of benzene rings is 1. The van der Waals surface area contributed by atoms with Gasteiger partial charge in [0.2, 0.25) is 6.17 Å². The lowest BCUT2D eigenvalue weighted by Gasteiger charge is -2.30. The van der Waals surface area contributed by atoms with Crippen molar-refractivity contribution in [1.82, 2.24) is 14.8 Å². The van der Waals surface area contributed by atoms with Crippen LogP contribution in [0.15, 0.2) is 54.0 Å². The van der Waals surface area contributed by atoms with Gasteiger partial charge in [-0.25, -0.2) is 4.68 Å². The van der Waals surface area contributed by atoms with E-state index in [1.54, 1.807) is 19.1 Å². The number of carbonyl (C=O) groups is 2. The number of halogens is 3. The van der Waals surface area contributed by atoms with E-state index in [4.69, 9.17) is 0 Å². The topological polar surface area (TPSA) is 110 Å². The van der Waals surface area contributed by atoms with Crippen molar-refractivity contribution in [3.8, 4) is 0 Å². The van der Waals surface area contributed by atoms with Crippen LogP contribution in [0.3, 0.4) is 0 Å². The van der Waals surface area contributed by atoms with Crippen LogP contribution in [0.5, 0.6) is 0 Å². The minimum atomic E-state index is -4.53. The zero-order chi connectivity index (χ0) is 23.0. The zero-order valence-electron chi connectivity index (χ0n) is 16.5. The lowest BCUT2D eigenvalue weighted by molar-refractivity contribution is -0.137. The summed E-state index contributed by atoms with van der Waals surface area (Å²) in [5, 5.41) is 9.55. The van der Waals surface area contributed by atoms with Crippen molar-refractivity contribution in [3.63, 3.8) is 0 Å². The number of hydrogen-bond acceptors (Lipinski definition) is 6. The van der Waals surface area contributed by atoms with Gasteiger partial charge in [-0.1, -0.05) is 0 Å². The average molecular weight is 444 g/mol. The molecule has 12 heteroatoms. The number of aryl methyl sites for hydroxylation is 1. The zero-order valence-corrected chi connectivity index (χ0v) is 16.5. The third-order valence-corrected chi connectivity index (χ3v) is 5.00. The molecule has 3 heterocycles. The summed E-state index contributed by atoms with van der Waals surface area (Å²) < 4.78 is 39.7. The minimum absolute atomic E-state index is 0.0357. The van der Waals surface area contributed by atoms with Crippen LogP contribution in [0.1, 0.15) is 38.3 Å². The maximum absolute atomic E-state index is 13.2. The second kappa shape index (κ2) is 7.87. The van der Waals surface area contributed by atoms with E-state index >= 15 is 0 Å². The Morgan fingerprint density at radius 2 is 1.94 bits per heavy atom. The van der Waals surface area contributed by atoms with Crippen LogP contribution in [0.2, 0.25) is 0 Å². The average Bonchev–Trinajstić information content (AvgIpc) is 3.18. The van der Waals surface area contributed by atoms with E-state index in [9.17, 15) is 27.7 Å². The molecule has 1 N–H and O–H groups in total. The molecule has 0 saturated carbocycles. The number of nitrogens with one attached hydrogen (secondary N) is 1. The molecule has 0 fully saturated rings. The molecule has 0 spiro atoms. The van der Waals surface area contributed by atoms with Crippen LogP contribution in [-0.2, 0) is 6.18 Å². The predicted molar refractivity (Wildman–Crippen MR) is 107 cm³/mol. The number of alkyl halides is 3. The summed E-state index contributed by atoms with van der Waals surface area (Å²) in [5.74, 6) is -1.19. The first-order chi connectivity index (χ1) is 15.2. The number of hydrogen-bond donors (Lipinski definition) is 1. The number of amides is 2. The number of carbonyl (C=O) groups excluding carboxylic acids is 2. The molecular formula is C20H15F3N6O3. The fraction of sp³-hybridized carbons (Fsp3) is 0.200. The first-order valence-corrected chi connectivity index (χ1v) is 9.32. The Balaban J connectivity index is 1.68. The monoisotopic (exact) mass is 444 g/mol. The second-order valence-corrected chi connectivity index (χ2v) is 6.99. The van der Waals surface area contributed by atoms with Crippen molar-refractivity contribution in [2.45, 2.75) is 19.3 Å². The molecule has 0 bridgehead atoms. The largest absolute Gasteiger partial charge is 0.416 e. The van der Waals surface area contributed by atoms with Gasteiger partial charge in [0, 0.05) is 17.6 Å². The van der Waals surface area contributed by atoms with Crippen molar-refractivity contribution in [1.29, 1.82) is 0 Å². The van der Waals surface area contributed by atoms with Gasteiger partial charge in [-0.05, 0) is 48.5 Å². The third-order valence-electron chi connectivity index (χ3n) is 5.00. The highest BCUT2D eigenvalue weighted by Gasteiger charge is 2.37. The molecule has 2 aromatic heterocycles. The highest BCUT2D eigenvalue weighted by Crippen LogP contribution is 2.34. The van der Waals surface area contributed by atoms with Gasteiger partial charge in [-0.15, -0.1) is 4.91 Å². The Morgan fingerprint density at radius 3 is 2.56 bits per heavy atom. The van der Waals surface area contributed by atoms with E-state index < -0.39 is 29.7 Å². The molecule has 0 radical (unpaired) electrons. The predicted octanol–water partition coefficient (Wildman–Crippen LogP) is 3.78. The van der Waals surface area contributed by atoms with Gasteiger partial charge in [0.1, 0.15) is 0 Å². The molecule has 32 heavy (non-hydrogen) atoms. The van der Waals surface area contributed by atoms with Crippen LogP contribution < -0.4 is 10.2 Å². The van der Waals surface area contributed by atoms with Crippen molar-refractivity contribution >= 4 is 23.2 Å². The first-order valence-electron chi connectivity index (χ1n) is 9.32. The summed E-state index contributed by atoms with van der Waals surface area (Å²) in [4.78, 5) is 42.4. The summed E-state index contributed by atoms with van der Waals surface area (Å²) in [6, 6.07) is 7.08. The molecule has 164 valence electrons. The van der Waals surface area contributed by atoms with Gasteiger partial charge in [0.25, 0.3) is 11.8 Å². The highest BCUT2D eigenvalue weighted by molar-refractivity contribution is 6.13. The molecule has 0 unspecified atom stereocenters. The fourth-order valence-corrected chi connectivity index (χ4v) is 3.39. The maximum Gasteiger partial charge on any atom is 0.416 e. The summed E-state index contributed by atoms with van der Waals surface area (Å²) in [6.45, 7) is 1.42. The van der Waals surface area contributed by atoms with Gasteiger partial charge in [0.15, 0.2) is 5.69 Å². The Labute approximate surface area is 178 Å². The lowest BCUT2D eigenvalue weighted by Crippen LogP contribution is -2.43. The lowest BCUT2D eigenvalue weighted by atomic mass is 10.1. The SMILES string of the molecule is Cc1ncccc1C(=O)Nc1cnn2c1C(=O)N(c1ccc(C(F)(F)F)cc1)C[C@@H]2N=O. The molecule has 4 rings (SSSR count). The Morgan fingerprint density at radius 1 is 1.22 bits per heavy atom. The van der Waals surface area contributed by atoms with Crippen LogP contribution >= 0.6 is 0 Å². The molecule has 0 aliphatic carbocycles. The minimum Gasteiger partial charge on any atom is -0.319 e. The van der Waals surface area contributed by atoms with E-state index in [1.165, 1.54) is 12.4 Å². The van der Waals surface area contributed by atoms with Gasteiger partial charge in [-0.3, -0.25) is 14.6 Å². The Bertz CT molecular complexity index is 1210.